The van der Waals surface area contributed by atoms with Crippen molar-refractivity contribution in [2.24, 2.45) is 0 Å². The Labute approximate surface area is 167 Å². The molecule has 0 unspecified atom stereocenters. The normalized spacial score (nSPS) is 14.9. The number of thiocarbonyl (C=S) groups is 1. The quantitative estimate of drug-likeness (QED) is 0.726. The summed E-state index contributed by atoms with van der Waals surface area (Å²) in [4.78, 5) is 13.9. The van der Waals surface area contributed by atoms with Gasteiger partial charge in [-0.25, -0.2) is 0 Å². The van der Waals surface area contributed by atoms with Crippen LogP contribution in [0.15, 0.2) is 42.5 Å². The first kappa shape index (κ1) is 19.4. The average Bonchev–Trinajstić information content (AvgIpc) is 3.06. The van der Waals surface area contributed by atoms with Gasteiger partial charge in [0.2, 0.25) is 5.91 Å². The molecule has 1 atom stereocenters. The topological polar surface area (TPSA) is 44.4 Å². The van der Waals surface area contributed by atoms with Crippen LogP contribution in [-0.2, 0) is 4.79 Å². The molecule has 0 saturated carbocycles. The van der Waals surface area contributed by atoms with Gasteiger partial charge < -0.3 is 15.5 Å². The van der Waals surface area contributed by atoms with Crippen LogP contribution in [0.3, 0.4) is 0 Å². The fourth-order valence-electron chi connectivity index (χ4n) is 3.64. The highest BCUT2D eigenvalue weighted by molar-refractivity contribution is 7.80. The zero-order chi connectivity index (χ0) is 19.4. The van der Waals surface area contributed by atoms with Gasteiger partial charge in [-0.2, -0.15) is 0 Å². The molecular weight excluding hydrogens is 354 g/mol. The molecule has 0 aliphatic carbocycles. The van der Waals surface area contributed by atoms with E-state index in [4.69, 9.17) is 12.2 Å². The van der Waals surface area contributed by atoms with E-state index in [9.17, 15) is 4.79 Å². The lowest BCUT2D eigenvalue weighted by atomic mass is 10.00. The maximum absolute atomic E-state index is 12.0. The van der Waals surface area contributed by atoms with Crippen molar-refractivity contribution in [2.45, 2.75) is 46.1 Å². The van der Waals surface area contributed by atoms with Crippen LogP contribution < -0.4 is 15.5 Å². The Bertz CT molecular complexity index is 849. The Morgan fingerprint density at radius 2 is 1.96 bits per heavy atom. The number of amides is 1. The van der Waals surface area contributed by atoms with Gasteiger partial charge in [0.05, 0.1) is 6.04 Å². The predicted molar refractivity (Wildman–Crippen MR) is 116 cm³/mol. The highest BCUT2D eigenvalue weighted by Crippen LogP contribution is 2.27. The van der Waals surface area contributed by atoms with Gasteiger partial charge in [-0.15, -0.1) is 0 Å². The molecule has 2 aromatic carbocycles. The molecule has 0 radical (unpaired) electrons. The zero-order valence-electron chi connectivity index (χ0n) is 16.2. The fourth-order valence-corrected chi connectivity index (χ4v) is 3.90. The molecule has 4 nitrogen and oxygen atoms in total. The molecule has 1 heterocycles. The Balaban J connectivity index is 1.68. The third-order valence-electron chi connectivity index (χ3n) is 5.10. The molecule has 27 heavy (non-hydrogen) atoms. The van der Waals surface area contributed by atoms with Crippen molar-refractivity contribution >= 4 is 34.6 Å². The summed E-state index contributed by atoms with van der Waals surface area (Å²) in [6.07, 6.45) is 2.52. The molecule has 3 rings (SSSR count). The maximum atomic E-state index is 12.0. The lowest BCUT2D eigenvalue weighted by molar-refractivity contribution is -0.117. The number of hydrogen-bond donors (Lipinski definition) is 2. The SMILES string of the molecule is CC[C@@H](NC(=S)Nc1ccc(N2CCCC2=O)c(C)c1)c1ccccc1C. The second-order valence-electron chi connectivity index (χ2n) is 7.07. The van der Waals surface area contributed by atoms with Crippen LogP contribution >= 0.6 is 12.2 Å². The number of hydrogen-bond acceptors (Lipinski definition) is 2. The van der Waals surface area contributed by atoms with Crippen molar-refractivity contribution in [3.63, 3.8) is 0 Å². The van der Waals surface area contributed by atoms with E-state index in [1.54, 1.807) is 0 Å². The second kappa shape index (κ2) is 8.53. The summed E-state index contributed by atoms with van der Waals surface area (Å²) < 4.78 is 0. The number of nitrogens with one attached hydrogen (secondary N) is 2. The van der Waals surface area contributed by atoms with Crippen LogP contribution in [0.25, 0.3) is 0 Å². The molecule has 0 aromatic heterocycles. The zero-order valence-corrected chi connectivity index (χ0v) is 17.0. The number of anilines is 2. The average molecular weight is 382 g/mol. The van der Waals surface area contributed by atoms with E-state index in [0.29, 0.717) is 11.5 Å². The summed E-state index contributed by atoms with van der Waals surface area (Å²) in [5, 5.41) is 7.31. The molecular formula is C22H27N3OS. The number of benzene rings is 2. The van der Waals surface area contributed by atoms with Crippen LogP contribution in [0.1, 0.15) is 48.9 Å². The monoisotopic (exact) mass is 381 g/mol. The molecule has 0 bridgehead atoms. The summed E-state index contributed by atoms with van der Waals surface area (Å²) >= 11 is 5.54. The minimum absolute atomic E-state index is 0.175. The smallest absolute Gasteiger partial charge is 0.227 e. The molecule has 1 saturated heterocycles. The van der Waals surface area contributed by atoms with Gasteiger partial charge in [0.25, 0.3) is 0 Å². The van der Waals surface area contributed by atoms with Crippen molar-refractivity contribution in [2.75, 3.05) is 16.8 Å². The molecule has 0 spiro atoms. The summed E-state index contributed by atoms with van der Waals surface area (Å²) in [7, 11) is 0. The van der Waals surface area contributed by atoms with E-state index in [0.717, 1.165) is 36.3 Å². The molecule has 142 valence electrons. The van der Waals surface area contributed by atoms with E-state index >= 15 is 0 Å². The lowest BCUT2D eigenvalue weighted by Gasteiger charge is -2.22. The molecule has 1 aliphatic heterocycles. The van der Waals surface area contributed by atoms with E-state index in [2.05, 4.69) is 48.7 Å². The van der Waals surface area contributed by atoms with Crippen LogP contribution in [0.2, 0.25) is 0 Å². The van der Waals surface area contributed by atoms with Crippen molar-refractivity contribution < 1.29 is 4.79 Å². The van der Waals surface area contributed by atoms with Gasteiger partial charge in [0, 0.05) is 24.3 Å². The minimum atomic E-state index is 0.175. The molecule has 1 aliphatic rings. The van der Waals surface area contributed by atoms with Crippen LogP contribution in [0.4, 0.5) is 11.4 Å². The lowest BCUT2D eigenvalue weighted by Crippen LogP contribution is -2.32. The molecule has 1 amide bonds. The largest absolute Gasteiger partial charge is 0.356 e. The van der Waals surface area contributed by atoms with E-state index in [1.165, 1.54) is 11.1 Å². The summed E-state index contributed by atoms with van der Waals surface area (Å²) in [6, 6.07) is 14.6. The van der Waals surface area contributed by atoms with Gasteiger partial charge in [-0.3, -0.25) is 4.79 Å². The summed E-state index contributed by atoms with van der Waals surface area (Å²) in [5.74, 6) is 0.208. The van der Waals surface area contributed by atoms with Crippen LogP contribution in [0.5, 0.6) is 0 Å². The predicted octanol–water partition coefficient (Wildman–Crippen LogP) is 4.87. The van der Waals surface area contributed by atoms with E-state index in [-0.39, 0.29) is 11.9 Å². The van der Waals surface area contributed by atoms with Crippen molar-refractivity contribution in [3.05, 3.63) is 59.2 Å². The van der Waals surface area contributed by atoms with Crippen molar-refractivity contribution in [1.82, 2.24) is 5.32 Å². The number of carbonyl (C=O) groups excluding carboxylic acids is 1. The fraction of sp³-hybridized carbons (Fsp3) is 0.364. The molecule has 1 fully saturated rings. The Morgan fingerprint density at radius 1 is 1.19 bits per heavy atom. The number of rotatable bonds is 5. The maximum Gasteiger partial charge on any atom is 0.227 e. The van der Waals surface area contributed by atoms with Gasteiger partial charge in [-0.05, 0) is 73.8 Å². The van der Waals surface area contributed by atoms with E-state index < -0.39 is 0 Å². The number of nitrogens with zero attached hydrogens (tertiary/aromatic N) is 1. The first-order valence-electron chi connectivity index (χ1n) is 9.53. The summed E-state index contributed by atoms with van der Waals surface area (Å²) in [5.41, 5.74) is 5.52. The standard InChI is InChI=1S/C22H27N3OS/c1-4-19(18-9-6-5-8-15(18)2)24-22(27)23-17-11-12-20(16(3)14-17)25-13-7-10-21(25)26/h5-6,8-9,11-12,14,19H,4,7,10,13H2,1-3H3,(H2,23,24,27)/t19-/m1/s1. The van der Waals surface area contributed by atoms with Crippen molar-refractivity contribution in [3.8, 4) is 0 Å². The third kappa shape index (κ3) is 4.48. The van der Waals surface area contributed by atoms with Gasteiger partial charge in [0.15, 0.2) is 5.11 Å². The highest BCUT2D eigenvalue weighted by atomic mass is 32.1. The van der Waals surface area contributed by atoms with Gasteiger partial charge in [0.1, 0.15) is 0 Å². The highest BCUT2D eigenvalue weighted by Gasteiger charge is 2.23. The van der Waals surface area contributed by atoms with Crippen molar-refractivity contribution in [1.29, 1.82) is 0 Å². The Hall–Kier alpha value is -2.40. The Kier molecular flexibility index (Phi) is 6.11. The Morgan fingerprint density at radius 3 is 2.59 bits per heavy atom. The molecule has 2 N–H and O–H groups in total. The molecule has 5 heteroatoms. The first-order chi connectivity index (χ1) is 13.0. The van der Waals surface area contributed by atoms with Crippen LogP contribution in [-0.4, -0.2) is 17.6 Å². The second-order valence-corrected chi connectivity index (χ2v) is 7.47. The van der Waals surface area contributed by atoms with Crippen LogP contribution in [0, 0.1) is 13.8 Å². The number of aryl methyl sites for hydroxylation is 2. The first-order valence-corrected chi connectivity index (χ1v) is 9.94. The van der Waals surface area contributed by atoms with E-state index in [1.807, 2.05) is 30.0 Å². The van der Waals surface area contributed by atoms with Gasteiger partial charge >= 0.3 is 0 Å². The van der Waals surface area contributed by atoms with Gasteiger partial charge in [-0.1, -0.05) is 31.2 Å². The third-order valence-corrected chi connectivity index (χ3v) is 5.32. The number of carbonyl (C=O) groups is 1. The summed E-state index contributed by atoms with van der Waals surface area (Å²) in [6.45, 7) is 7.11. The molecule has 2 aromatic rings. The minimum Gasteiger partial charge on any atom is -0.356 e.